The maximum atomic E-state index is 12.0. The minimum absolute atomic E-state index is 0.0466. The van der Waals surface area contributed by atoms with Crippen LogP contribution in [0.1, 0.15) is 32.6 Å². The summed E-state index contributed by atoms with van der Waals surface area (Å²) in [5.41, 5.74) is 0. The molecule has 2 fully saturated rings. The van der Waals surface area contributed by atoms with E-state index in [0.717, 1.165) is 45.3 Å². The molecule has 1 aliphatic carbocycles. The maximum Gasteiger partial charge on any atom is 0.317 e. The lowest BCUT2D eigenvalue weighted by molar-refractivity contribution is 0.111. The van der Waals surface area contributed by atoms with E-state index < -0.39 is 0 Å². The fourth-order valence-corrected chi connectivity index (χ4v) is 2.67. The number of aliphatic hydroxyl groups is 1. The van der Waals surface area contributed by atoms with E-state index in [0.29, 0.717) is 12.5 Å². The molecule has 2 amide bonds. The summed E-state index contributed by atoms with van der Waals surface area (Å²) < 4.78 is 0. The van der Waals surface area contributed by atoms with E-state index >= 15 is 0 Å². The number of amides is 2. The second kappa shape index (κ2) is 6.57. The maximum absolute atomic E-state index is 12.0. The van der Waals surface area contributed by atoms with Crippen LogP contribution in [0.25, 0.3) is 0 Å². The van der Waals surface area contributed by atoms with Crippen molar-refractivity contribution < 1.29 is 9.90 Å². The zero-order valence-electron chi connectivity index (χ0n) is 12.1. The first-order valence-electron chi connectivity index (χ1n) is 7.52. The number of aliphatic hydroxyl groups excluding tert-OH is 1. The van der Waals surface area contributed by atoms with E-state index in [1.165, 1.54) is 0 Å². The second-order valence-electron chi connectivity index (χ2n) is 5.94. The number of rotatable bonds is 5. The van der Waals surface area contributed by atoms with E-state index in [1.54, 1.807) is 11.9 Å². The van der Waals surface area contributed by atoms with E-state index in [-0.39, 0.29) is 18.2 Å². The van der Waals surface area contributed by atoms with E-state index in [1.807, 2.05) is 0 Å². The molecule has 2 aliphatic rings. The highest BCUT2D eigenvalue weighted by molar-refractivity contribution is 5.74. The van der Waals surface area contributed by atoms with Crippen molar-refractivity contribution in [2.45, 2.75) is 44.8 Å². The Hall–Kier alpha value is -0.810. The number of likely N-dealkylation sites (tertiary alicyclic amines) is 1. The van der Waals surface area contributed by atoms with E-state index in [2.05, 4.69) is 17.1 Å². The highest BCUT2D eigenvalue weighted by Gasteiger charge is 2.31. The topological polar surface area (TPSA) is 55.8 Å². The van der Waals surface area contributed by atoms with Crippen LogP contribution < -0.4 is 5.32 Å². The van der Waals surface area contributed by atoms with Crippen LogP contribution in [0.4, 0.5) is 4.79 Å². The molecule has 0 radical (unpaired) electrons. The molecule has 1 saturated carbocycles. The molecule has 0 spiro atoms. The minimum Gasteiger partial charge on any atom is -0.391 e. The molecule has 1 atom stereocenters. The zero-order valence-corrected chi connectivity index (χ0v) is 12.1. The third-order valence-corrected chi connectivity index (χ3v) is 4.34. The van der Waals surface area contributed by atoms with Gasteiger partial charge >= 0.3 is 6.03 Å². The van der Waals surface area contributed by atoms with Gasteiger partial charge in [-0.25, -0.2) is 4.79 Å². The van der Waals surface area contributed by atoms with Crippen molar-refractivity contribution in [3.63, 3.8) is 0 Å². The van der Waals surface area contributed by atoms with Crippen LogP contribution in [0, 0.1) is 5.92 Å². The van der Waals surface area contributed by atoms with Gasteiger partial charge in [-0.3, -0.25) is 0 Å². The molecule has 2 N–H and O–H groups in total. The van der Waals surface area contributed by atoms with Gasteiger partial charge in [0.05, 0.1) is 6.10 Å². The Balaban J connectivity index is 1.68. The predicted octanol–water partition coefficient (Wildman–Crippen LogP) is 0.883. The Morgan fingerprint density at radius 1 is 1.37 bits per heavy atom. The first kappa shape index (κ1) is 14.6. The monoisotopic (exact) mass is 269 g/mol. The third kappa shape index (κ3) is 4.35. The quantitative estimate of drug-likeness (QED) is 0.779. The number of carbonyl (C=O) groups is 1. The number of nitrogens with zero attached hydrogens (tertiary/aromatic N) is 2. The molecule has 5 nitrogen and oxygen atoms in total. The van der Waals surface area contributed by atoms with Crippen LogP contribution >= 0.6 is 0 Å². The lowest BCUT2D eigenvalue weighted by Gasteiger charge is -2.32. The second-order valence-corrected chi connectivity index (χ2v) is 5.94. The van der Waals surface area contributed by atoms with Crippen molar-refractivity contribution in [2.24, 2.45) is 5.92 Å². The summed E-state index contributed by atoms with van der Waals surface area (Å²) in [6, 6.07) is 0.241. The SMILES string of the molecule is CCN1CCC(NC(=O)N(C)CC(O)C2CC2)CC1. The summed E-state index contributed by atoms with van der Waals surface area (Å²) in [5.74, 6) is 0.419. The van der Waals surface area contributed by atoms with Crippen LogP contribution in [0.15, 0.2) is 0 Å². The van der Waals surface area contributed by atoms with Gasteiger partial charge < -0.3 is 20.2 Å². The zero-order chi connectivity index (χ0) is 13.8. The summed E-state index contributed by atoms with van der Waals surface area (Å²) in [6.45, 7) is 5.84. The van der Waals surface area contributed by atoms with Gasteiger partial charge in [0.25, 0.3) is 0 Å². The summed E-state index contributed by atoms with van der Waals surface area (Å²) in [7, 11) is 1.77. The van der Waals surface area contributed by atoms with Crippen LogP contribution in [0.3, 0.4) is 0 Å². The smallest absolute Gasteiger partial charge is 0.317 e. The molecule has 0 aromatic heterocycles. The van der Waals surface area contributed by atoms with Crippen LogP contribution in [0.2, 0.25) is 0 Å². The van der Waals surface area contributed by atoms with Crippen molar-refractivity contribution in [3.8, 4) is 0 Å². The molecule has 5 heteroatoms. The Morgan fingerprint density at radius 2 is 2.00 bits per heavy atom. The molecule has 1 aliphatic heterocycles. The van der Waals surface area contributed by atoms with E-state index in [9.17, 15) is 9.90 Å². The standard InChI is InChI=1S/C14H27N3O2/c1-3-17-8-6-12(7-9-17)15-14(19)16(2)10-13(18)11-4-5-11/h11-13,18H,3-10H2,1-2H3,(H,15,19). The molecular formula is C14H27N3O2. The predicted molar refractivity (Wildman–Crippen MR) is 75.0 cm³/mol. The average Bonchev–Trinajstić information content (AvgIpc) is 3.23. The summed E-state index contributed by atoms with van der Waals surface area (Å²) in [5, 5.41) is 12.9. The Bertz CT molecular complexity index is 299. The number of hydrogen-bond acceptors (Lipinski definition) is 3. The molecule has 1 heterocycles. The van der Waals surface area contributed by atoms with Crippen LogP contribution in [-0.4, -0.2) is 66.3 Å². The van der Waals surface area contributed by atoms with Gasteiger partial charge in [-0.05, 0) is 38.1 Å². The Kier molecular flexibility index (Phi) is 5.05. The lowest BCUT2D eigenvalue weighted by atomic mass is 10.1. The summed E-state index contributed by atoms with van der Waals surface area (Å²) >= 11 is 0. The van der Waals surface area contributed by atoms with Crippen molar-refractivity contribution in [2.75, 3.05) is 33.2 Å². The fraction of sp³-hybridized carbons (Fsp3) is 0.929. The largest absolute Gasteiger partial charge is 0.391 e. The number of piperidine rings is 1. The fourth-order valence-electron chi connectivity index (χ4n) is 2.67. The van der Waals surface area contributed by atoms with Crippen molar-refractivity contribution in [1.82, 2.24) is 15.1 Å². The van der Waals surface area contributed by atoms with Crippen molar-refractivity contribution in [3.05, 3.63) is 0 Å². The molecule has 1 saturated heterocycles. The highest BCUT2D eigenvalue weighted by atomic mass is 16.3. The molecule has 19 heavy (non-hydrogen) atoms. The number of likely N-dealkylation sites (N-methyl/N-ethyl adjacent to an activating group) is 1. The number of nitrogens with one attached hydrogen (secondary N) is 1. The molecule has 110 valence electrons. The third-order valence-electron chi connectivity index (χ3n) is 4.34. The van der Waals surface area contributed by atoms with Gasteiger partial charge in [-0.1, -0.05) is 6.92 Å². The minimum atomic E-state index is -0.349. The molecule has 2 rings (SSSR count). The summed E-state index contributed by atoms with van der Waals surface area (Å²) in [6.07, 6.45) is 3.91. The number of urea groups is 1. The summed E-state index contributed by atoms with van der Waals surface area (Å²) in [4.78, 5) is 16.1. The molecule has 0 aromatic rings. The average molecular weight is 269 g/mol. The molecule has 1 unspecified atom stereocenters. The number of carbonyl (C=O) groups excluding carboxylic acids is 1. The number of hydrogen-bond donors (Lipinski definition) is 2. The van der Waals surface area contributed by atoms with Gasteiger partial charge in [0.2, 0.25) is 0 Å². The first-order valence-corrected chi connectivity index (χ1v) is 7.52. The molecule has 0 aromatic carbocycles. The van der Waals surface area contributed by atoms with Gasteiger partial charge in [-0.2, -0.15) is 0 Å². The van der Waals surface area contributed by atoms with Gasteiger partial charge in [-0.15, -0.1) is 0 Å². The Morgan fingerprint density at radius 3 is 2.53 bits per heavy atom. The Labute approximate surface area is 115 Å². The van der Waals surface area contributed by atoms with Crippen molar-refractivity contribution in [1.29, 1.82) is 0 Å². The van der Waals surface area contributed by atoms with Gasteiger partial charge in [0, 0.05) is 32.7 Å². The highest BCUT2D eigenvalue weighted by Crippen LogP contribution is 2.32. The van der Waals surface area contributed by atoms with Gasteiger partial charge in [0.15, 0.2) is 0 Å². The van der Waals surface area contributed by atoms with E-state index in [4.69, 9.17) is 0 Å². The molecule has 0 bridgehead atoms. The first-order chi connectivity index (χ1) is 9.10. The van der Waals surface area contributed by atoms with Crippen LogP contribution in [0.5, 0.6) is 0 Å². The van der Waals surface area contributed by atoms with Gasteiger partial charge in [0.1, 0.15) is 0 Å². The normalized spacial score (nSPS) is 23.1. The van der Waals surface area contributed by atoms with Crippen molar-refractivity contribution >= 4 is 6.03 Å². The lowest BCUT2D eigenvalue weighted by Crippen LogP contribution is -2.49. The molecular weight excluding hydrogens is 242 g/mol. The van der Waals surface area contributed by atoms with Crippen LogP contribution in [-0.2, 0) is 0 Å².